The van der Waals surface area contributed by atoms with E-state index in [0.29, 0.717) is 59.8 Å². The van der Waals surface area contributed by atoms with Gasteiger partial charge in [0.2, 0.25) is 0 Å². The number of halogens is 1. The highest BCUT2D eigenvalue weighted by atomic mass is 127. The molecule has 0 bridgehead atoms. The Kier molecular flexibility index (Phi) is 56.3. The van der Waals surface area contributed by atoms with Gasteiger partial charge in [0.15, 0.2) is 17.3 Å². The maximum atomic E-state index is 11.6. The van der Waals surface area contributed by atoms with Gasteiger partial charge < -0.3 is 15.3 Å². The topological polar surface area (TPSA) is 129 Å². The van der Waals surface area contributed by atoms with Crippen LogP contribution in [0.1, 0.15) is 354 Å². The molecule has 8 heteroatoms. The molecule has 5 aromatic carbocycles. The molecule has 5 aromatic rings. The number of allylic oxidation sites excluding steroid dienone is 20. The first-order chi connectivity index (χ1) is 63.7. The largest absolute Gasteiger partial charge is 0.508 e. The molecular weight excluding hydrogens is 1740 g/mol. The van der Waals surface area contributed by atoms with Crippen molar-refractivity contribution in [2.24, 2.45) is 59.2 Å². The Morgan fingerprint density at radius 2 is 1.11 bits per heavy atom. The van der Waals surface area contributed by atoms with Crippen molar-refractivity contribution >= 4 is 45.7 Å². The molecule has 0 aromatic heterocycles. The molecule has 0 saturated heterocycles. The molecular formula is C125H179IO7. The smallest absolute Gasteiger partial charge is 0.159 e. The van der Waals surface area contributed by atoms with Gasteiger partial charge in [-0.25, -0.2) is 0 Å². The Bertz CT molecular complexity index is 4610. The van der Waals surface area contributed by atoms with Crippen LogP contribution in [0.25, 0.3) is 0 Å². The summed E-state index contributed by atoms with van der Waals surface area (Å²) >= 11 is 2.41. The lowest BCUT2D eigenvalue weighted by Crippen LogP contribution is -2.19. The van der Waals surface area contributed by atoms with Crippen LogP contribution in [0.2, 0.25) is 0 Å². The second-order valence-electron chi connectivity index (χ2n) is 40.2. The second kappa shape index (κ2) is 64.9. The molecule has 7 unspecified atom stereocenters. The number of aliphatic hydroxyl groups is 1. The maximum absolute atomic E-state index is 11.6. The van der Waals surface area contributed by atoms with Crippen molar-refractivity contribution in [1.29, 1.82) is 0 Å². The summed E-state index contributed by atoms with van der Waals surface area (Å²) in [6, 6.07) is 29.5. The van der Waals surface area contributed by atoms with E-state index in [-0.39, 0.29) is 29.2 Å². The van der Waals surface area contributed by atoms with Crippen molar-refractivity contribution in [1.82, 2.24) is 0 Å². The Balaban J connectivity index is 0.000000278. The molecule has 0 spiro atoms. The molecule has 0 aliphatic heterocycles. The molecule has 2 fully saturated rings. The van der Waals surface area contributed by atoms with Crippen molar-refractivity contribution < 1.29 is 34.5 Å². The summed E-state index contributed by atoms with van der Waals surface area (Å²) in [6.45, 7) is 47.8. The van der Waals surface area contributed by atoms with Crippen LogP contribution >= 0.6 is 22.6 Å². The molecule has 2 saturated carbocycles. The highest BCUT2D eigenvalue weighted by molar-refractivity contribution is 14.1. The summed E-state index contributed by atoms with van der Waals surface area (Å²) < 4.78 is 1.35. The third kappa shape index (κ3) is 45.6. The zero-order chi connectivity index (χ0) is 97.7. The van der Waals surface area contributed by atoms with Crippen LogP contribution in [-0.2, 0) is 51.3 Å². The van der Waals surface area contributed by atoms with E-state index >= 15 is 0 Å². The van der Waals surface area contributed by atoms with Crippen LogP contribution in [0.5, 0.6) is 11.5 Å². The number of unbranched alkanes of at least 4 members (excludes halogenated alkanes) is 5. The first-order valence-corrected chi connectivity index (χ1v) is 53.1. The monoisotopic (exact) mass is 1920 g/mol. The van der Waals surface area contributed by atoms with E-state index in [1.807, 2.05) is 55.5 Å². The summed E-state index contributed by atoms with van der Waals surface area (Å²) in [4.78, 5) is 44.9. The number of aromatic hydroxyl groups is 2. The Morgan fingerprint density at radius 3 is 1.69 bits per heavy atom. The zero-order valence-corrected chi connectivity index (χ0v) is 88.8. The quantitative estimate of drug-likeness (QED) is 0.0117. The van der Waals surface area contributed by atoms with Crippen molar-refractivity contribution in [2.75, 3.05) is 0 Å². The predicted molar refractivity (Wildman–Crippen MR) is 581 cm³/mol. The number of aryl methyl sites for hydroxylation is 9. The number of Topliss-reactive ketones (excluding diaryl/α,β-unsaturated/α-hetero) is 1. The fourth-order valence-corrected chi connectivity index (χ4v) is 20.6. The number of carbonyl (C=O) groups is 4. The summed E-state index contributed by atoms with van der Waals surface area (Å²) in [6.07, 6.45) is 76.3. The van der Waals surface area contributed by atoms with Gasteiger partial charge in [0, 0.05) is 16.4 Å². The van der Waals surface area contributed by atoms with E-state index < -0.39 is 0 Å². The second-order valence-corrected chi connectivity index (χ2v) is 41.4. The number of hydrogen-bond donors (Lipinski definition) is 3. The van der Waals surface area contributed by atoms with Gasteiger partial charge in [0.25, 0.3) is 0 Å². The number of benzene rings is 5. The molecule has 133 heavy (non-hydrogen) atoms. The average molecular weight is 1920 g/mol. The molecule has 728 valence electrons. The molecule has 6 aliphatic rings. The normalized spacial score (nSPS) is 19.9. The van der Waals surface area contributed by atoms with Crippen LogP contribution in [0, 0.1) is 118 Å². The fourth-order valence-electron chi connectivity index (χ4n) is 20.0. The van der Waals surface area contributed by atoms with Gasteiger partial charge in [-0.2, -0.15) is 0 Å². The van der Waals surface area contributed by atoms with Gasteiger partial charge in [0.1, 0.15) is 17.3 Å². The number of phenolic OH excluding ortho intramolecular Hbond substituents is 2. The lowest BCUT2D eigenvalue weighted by atomic mass is 9.74. The van der Waals surface area contributed by atoms with E-state index in [0.717, 1.165) is 111 Å². The lowest BCUT2D eigenvalue weighted by Gasteiger charge is -2.31. The SMILES string of the molecule is C=C/C(=C\C(C)=O)C(CC)CCCCc1cc(C)ccc1C.C=C/C(=C\C(C)=O)C(CC)CCCCc1cc(O)ccc1C.CC1=CCC(C)C=C1CC1CCC(C2=CC(=O)CC=C2)CC1.CCC(CCCC/C=C\CC(C)=O)Cc1cccc(O)c1C.CCCC1C=CCC(C)C1.CCCCc1cc(C)cc(C)c1C.Cc1ccc(I)cc1CC1CCC(C2=CC(O)CC=C2)CC1. The van der Waals surface area contributed by atoms with Crippen molar-refractivity contribution in [3.05, 3.63) is 305 Å². The Morgan fingerprint density at radius 1 is 0.534 bits per heavy atom. The summed E-state index contributed by atoms with van der Waals surface area (Å²) in [7, 11) is 0. The molecule has 3 N–H and O–H groups in total. The summed E-state index contributed by atoms with van der Waals surface area (Å²) in [5, 5.41) is 29.1. The molecule has 7 atom stereocenters. The molecule has 0 radical (unpaired) electrons. The van der Waals surface area contributed by atoms with Crippen LogP contribution in [0.15, 0.2) is 229 Å². The van der Waals surface area contributed by atoms with Gasteiger partial charge >= 0.3 is 0 Å². The van der Waals surface area contributed by atoms with E-state index in [9.17, 15) is 34.5 Å². The summed E-state index contributed by atoms with van der Waals surface area (Å²) in [5.74, 6) is 8.48. The van der Waals surface area contributed by atoms with Gasteiger partial charge in [-0.3, -0.25) is 19.2 Å². The van der Waals surface area contributed by atoms with E-state index in [2.05, 4.69) is 249 Å². The van der Waals surface area contributed by atoms with Crippen LogP contribution < -0.4 is 0 Å². The maximum Gasteiger partial charge on any atom is 0.159 e. The molecule has 7 nitrogen and oxygen atoms in total. The highest BCUT2D eigenvalue weighted by Gasteiger charge is 2.28. The van der Waals surface area contributed by atoms with Crippen molar-refractivity contribution in [3.8, 4) is 11.5 Å². The molecule has 6 aliphatic carbocycles. The van der Waals surface area contributed by atoms with Crippen LogP contribution in [0.3, 0.4) is 0 Å². The van der Waals surface area contributed by atoms with Crippen LogP contribution in [-0.4, -0.2) is 44.6 Å². The van der Waals surface area contributed by atoms with Crippen LogP contribution in [0.4, 0.5) is 0 Å². The summed E-state index contributed by atoms with van der Waals surface area (Å²) in [5.41, 5.74) is 25.7. The number of ketones is 4. The number of hydrogen-bond acceptors (Lipinski definition) is 7. The predicted octanol–water partition coefficient (Wildman–Crippen LogP) is 34.3. The standard InChI is InChI=1S/C21H28O.C21H30O.C20H25IO.C20H28O2.C20H30O2.C13H20.C10H18/c1-15-6-7-16(2)20(12-15)13-17-8-10-18(11-9-17)19-4-3-5-21(22)14-19;1-6-19(20(7-2)15-18(5)22)10-8-9-11-21-14-16(3)12-13-17(21)4;1-14-5-10-19(21)12-18(14)11-15-6-8-16(9-7-15)17-3-2-4-20(22)13-17;1-5-17(18(6-2)13-16(4)21)9-7-8-10-19-14-20(22)12-11-15(19)3;1-4-18(12-9-7-5-6-8-11-16(2)21)15-19-13-10-14-20(22)17(19)3;1-5-6-7-13-9-10(2)8-11(3)12(13)4;1-3-5-10-7-4-6-9(2)8-10/h3-4,7,12,14-15,17-18H,5-6,8-11,13H2,1-2H3;7,12-15,19H,2,6,8-11H2,1,3-5H3;2-3,5,10,12-13,15-16,20,22H,4,6-9,11H2,1H3;6,11-14,17,22H,2,5,7-10H2,1,3-4H3;6,8,10,13-14,18,22H,4-5,7,9,11-12,15H2,1-3H3;8-9H,5-7H2,1-4H3;4,7,9-10H,3,5-6,8H2,1-2H3/b;20-15+;;18-13+;8-6-;;. The first kappa shape index (κ1) is 115. The minimum Gasteiger partial charge on any atom is -0.508 e. The Labute approximate surface area is 824 Å². The first-order valence-electron chi connectivity index (χ1n) is 52.0. The van der Waals surface area contributed by atoms with Crippen molar-refractivity contribution in [3.63, 3.8) is 0 Å². The van der Waals surface area contributed by atoms with Gasteiger partial charge in [-0.1, -0.05) is 257 Å². The number of rotatable bonds is 39. The third-order valence-corrected chi connectivity index (χ3v) is 29.3. The number of phenols is 2. The van der Waals surface area contributed by atoms with E-state index in [1.54, 1.807) is 56.2 Å². The zero-order valence-electron chi connectivity index (χ0n) is 86.6. The minimum absolute atomic E-state index is 0.0868. The fraction of sp³-hybridized carbons (Fsp3) is 0.536. The lowest BCUT2D eigenvalue weighted by molar-refractivity contribution is -0.116. The third-order valence-electron chi connectivity index (χ3n) is 28.6. The minimum atomic E-state index is -0.258. The molecule has 0 heterocycles. The number of aliphatic hydroxyl groups excluding tert-OH is 1. The molecule has 0 amide bonds. The Hall–Kier alpha value is -8.05. The molecule has 11 rings (SSSR count). The van der Waals surface area contributed by atoms with Gasteiger partial charge in [-0.15, -0.1) is 0 Å². The van der Waals surface area contributed by atoms with Gasteiger partial charge in [-0.05, 0) is 482 Å². The number of carbonyl (C=O) groups excluding carboxylic acids is 4. The average Bonchev–Trinajstić information content (AvgIpc) is 0.842. The van der Waals surface area contributed by atoms with Gasteiger partial charge in [0.05, 0.1) is 6.10 Å². The highest BCUT2D eigenvalue weighted by Crippen LogP contribution is 2.41. The van der Waals surface area contributed by atoms with Crippen molar-refractivity contribution in [2.45, 2.75) is 375 Å². The van der Waals surface area contributed by atoms with E-state index in [4.69, 9.17) is 0 Å². The van der Waals surface area contributed by atoms with E-state index in [1.165, 1.54) is 236 Å².